The molecule has 8 rings (SSSR count). The van der Waals surface area contributed by atoms with Gasteiger partial charge in [-0.15, -0.1) is 0 Å². The molecular formula is C40H41N5O10. The first-order valence-electron chi connectivity index (χ1n) is 18.0. The van der Waals surface area contributed by atoms with E-state index in [2.05, 4.69) is 15.2 Å². The number of imide groups is 2. The van der Waals surface area contributed by atoms with Crippen molar-refractivity contribution < 1.29 is 43.3 Å². The first-order valence-corrected chi connectivity index (χ1v) is 18.0. The minimum absolute atomic E-state index is 0.0765. The van der Waals surface area contributed by atoms with Crippen molar-refractivity contribution in [2.24, 2.45) is 18.4 Å². The molecule has 4 aliphatic rings. The molecule has 5 heterocycles. The van der Waals surface area contributed by atoms with Crippen LogP contribution in [-0.2, 0) is 28.0 Å². The quantitative estimate of drug-likeness (QED) is 0.178. The second kappa shape index (κ2) is 15.0. The summed E-state index contributed by atoms with van der Waals surface area (Å²) in [6.45, 7) is 2.91. The maximum absolute atomic E-state index is 13.1. The minimum atomic E-state index is -0.995. The van der Waals surface area contributed by atoms with Gasteiger partial charge >= 0.3 is 0 Å². The number of likely N-dealkylation sites (tertiary alicyclic amines) is 1. The molecule has 3 aliphatic heterocycles. The summed E-state index contributed by atoms with van der Waals surface area (Å²) in [6, 6.07) is 9.71. The molecule has 286 valence electrons. The number of hydrogen-bond donors (Lipinski definition) is 2. The van der Waals surface area contributed by atoms with Crippen LogP contribution in [0.15, 0.2) is 59.8 Å². The van der Waals surface area contributed by atoms with Gasteiger partial charge in [-0.05, 0) is 84.4 Å². The number of methoxy groups -OCH3 is 2. The van der Waals surface area contributed by atoms with Crippen molar-refractivity contribution in [2.45, 2.75) is 44.7 Å². The Bertz CT molecular complexity index is 2250. The number of rotatable bonds is 10. The van der Waals surface area contributed by atoms with Crippen molar-refractivity contribution in [3.63, 3.8) is 0 Å². The van der Waals surface area contributed by atoms with Gasteiger partial charge in [0, 0.05) is 57.3 Å². The molecule has 3 fully saturated rings. The van der Waals surface area contributed by atoms with Gasteiger partial charge in [0.15, 0.2) is 0 Å². The maximum Gasteiger partial charge on any atom is 0.290 e. The summed E-state index contributed by atoms with van der Waals surface area (Å²) in [7, 11) is 5.07. The molecule has 1 aliphatic carbocycles. The Hall–Kier alpha value is -6.09. The molecule has 1 saturated carbocycles. The predicted molar refractivity (Wildman–Crippen MR) is 198 cm³/mol. The summed E-state index contributed by atoms with van der Waals surface area (Å²) in [5.74, 6) is 0.399. The highest BCUT2D eigenvalue weighted by molar-refractivity contribution is 6.23. The normalized spacial score (nSPS) is 18.9. The molecule has 4 aromatic rings. The van der Waals surface area contributed by atoms with E-state index in [1.165, 1.54) is 0 Å². The Balaban J connectivity index is 0.00000150. The fourth-order valence-electron chi connectivity index (χ4n) is 8.59. The number of nitrogens with zero attached hydrogens (tertiary/aromatic N) is 4. The van der Waals surface area contributed by atoms with Crippen LogP contribution in [0.4, 0.5) is 0 Å². The van der Waals surface area contributed by atoms with Crippen LogP contribution in [0, 0.1) is 11.3 Å². The molecule has 0 bridgehead atoms. The number of aromatic nitrogens is 2. The smallest absolute Gasteiger partial charge is 0.290 e. The first kappa shape index (κ1) is 37.2. The van der Waals surface area contributed by atoms with E-state index in [1.807, 2.05) is 24.4 Å². The molecule has 2 N–H and O–H groups in total. The number of carboxylic acid groups (broad SMARTS) is 1. The highest BCUT2D eigenvalue weighted by Gasteiger charge is 2.52. The number of carbonyl (C=O) groups is 5. The SMILES string of the molecule is COc1cc(-c2cn(C)c(=O)c3cnccc23)cc(OC)c1CN1CC2(CC(CCOc3ccc4c(c3)C(=O)N(C3CCC(=O)NC3=O)C4=O)C2)C1.O=CO. The van der Waals surface area contributed by atoms with E-state index < -0.39 is 29.7 Å². The predicted octanol–water partition coefficient (Wildman–Crippen LogP) is 3.40. The Kier molecular flexibility index (Phi) is 10.1. The number of carbonyl (C=O) groups excluding carboxylic acids is 4. The summed E-state index contributed by atoms with van der Waals surface area (Å²) in [5, 5.41) is 10.5. The number of ether oxygens (including phenoxy) is 3. The van der Waals surface area contributed by atoms with Gasteiger partial charge in [-0.2, -0.15) is 0 Å². The van der Waals surface area contributed by atoms with Gasteiger partial charge in [0.25, 0.3) is 23.8 Å². The Morgan fingerprint density at radius 1 is 0.945 bits per heavy atom. The van der Waals surface area contributed by atoms with Crippen molar-refractivity contribution in [3.8, 4) is 28.4 Å². The molecule has 2 saturated heterocycles. The number of aryl methyl sites for hydroxylation is 1. The summed E-state index contributed by atoms with van der Waals surface area (Å²) in [5.41, 5.74) is 3.42. The van der Waals surface area contributed by atoms with E-state index in [1.54, 1.807) is 56.4 Å². The molecule has 4 amide bonds. The van der Waals surface area contributed by atoms with Crippen molar-refractivity contribution in [1.29, 1.82) is 0 Å². The number of nitrogens with one attached hydrogen (secondary N) is 1. The Labute approximate surface area is 315 Å². The van der Waals surface area contributed by atoms with E-state index in [-0.39, 0.29) is 36.0 Å². The van der Waals surface area contributed by atoms with E-state index in [0.717, 1.165) is 70.8 Å². The van der Waals surface area contributed by atoms with Crippen molar-refractivity contribution in [2.75, 3.05) is 33.9 Å². The number of fused-ring (bicyclic) bond motifs is 2. The summed E-state index contributed by atoms with van der Waals surface area (Å²) in [4.78, 5) is 78.6. The van der Waals surface area contributed by atoms with Gasteiger partial charge in [0.1, 0.15) is 23.3 Å². The van der Waals surface area contributed by atoms with Crippen LogP contribution in [0.5, 0.6) is 17.2 Å². The van der Waals surface area contributed by atoms with Crippen LogP contribution in [0.2, 0.25) is 0 Å². The third-order valence-corrected chi connectivity index (χ3v) is 11.1. The van der Waals surface area contributed by atoms with E-state index >= 15 is 0 Å². The topological polar surface area (TPSA) is 187 Å². The van der Waals surface area contributed by atoms with Crippen LogP contribution in [0.1, 0.15) is 58.4 Å². The zero-order chi connectivity index (χ0) is 39.0. The number of benzene rings is 2. The number of piperidine rings is 1. The second-order valence-corrected chi connectivity index (χ2v) is 14.6. The van der Waals surface area contributed by atoms with E-state index in [4.69, 9.17) is 24.1 Å². The monoisotopic (exact) mass is 751 g/mol. The van der Waals surface area contributed by atoms with Crippen LogP contribution >= 0.6 is 0 Å². The fraction of sp³-hybridized carbons (Fsp3) is 0.375. The van der Waals surface area contributed by atoms with Gasteiger partial charge in [0.05, 0.1) is 42.9 Å². The summed E-state index contributed by atoms with van der Waals surface area (Å²) in [6.07, 6.45) is 8.44. The average Bonchev–Trinajstić information content (AvgIpc) is 3.39. The molecule has 55 heavy (non-hydrogen) atoms. The maximum atomic E-state index is 13.1. The molecule has 1 unspecified atom stereocenters. The molecule has 15 nitrogen and oxygen atoms in total. The van der Waals surface area contributed by atoms with Crippen molar-refractivity contribution in [3.05, 3.63) is 82.0 Å². The van der Waals surface area contributed by atoms with Crippen molar-refractivity contribution in [1.82, 2.24) is 24.7 Å². The van der Waals surface area contributed by atoms with Crippen molar-refractivity contribution >= 4 is 40.9 Å². The standard InChI is InChI=1S/C39H39N5O8.CH2O2/c1-42-18-29(25-8-10-40-17-28(25)36(42)47)23-12-32(50-2)30(33(13-23)51-3)19-43-20-39(21-43)15-22(16-39)9-11-52-24-4-5-26-27(14-24)38(49)44(37(26)48)31-6-7-34(45)41-35(31)46;2-1-3/h4-5,8,10,12-14,17-18,22,31H,6-7,9,11,15-16,19-21H2,1-3H3,(H,41,45,46);1H,(H,2,3). The number of pyridine rings is 2. The minimum Gasteiger partial charge on any atom is -0.496 e. The highest BCUT2D eigenvalue weighted by Crippen LogP contribution is 2.54. The largest absolute Gasteiger partial charge is 0.496 e. The van der Waals surface area contributed by atoms with Gasteiger partial charge in [0.2, 0.25) is 11.8 Å². The van der Waals surface area contributed by atoms with Crippen LogP contribution in [0.25, 0.3) is 21.9 Å². The van der Waals surface area contributed by atoms with Gasteiger partial charge in [-0.25, -0.2) is 0 Å². The first-order chi connectivity index (χ1) is 26.5. The van der Waals surface area contributed by atoms with Crippen LogP contribution in [-0.4, -0.2) is 94.5 Å². The number of amides is 4. The number of hydrogen-bond acceptors (Lipinski definition) is 11. The lowest BCUT2D eigenvalue weighted by Gasteiger charge is -2.59. The molecule has 0 radical (unpaired) electrons. The highest BCUT2D eigenvalue weighted by atomic mass is 16.5. The summed E-state index contributed by atoms with van der Waals surface area (Å²) >= 11 is 0. The van der Waals surface area contributed by atoms with Crippen LogP contribution in [0.3, 0.4) is 0 Å². The molecule has 1 atom stereocenters. The average molecular weight is 752 g/mol. The zero-order valence-corrected chi connectivity index (χ0v) is 30.7. The molecule has 15 heteroatoms. The third-order valence-electron chi connectivity index (χ3n) is 11.1. The fourth-order valence-corrected chi connectivity index (χ4v) is 8.59. The zero-order valence-electron chi connectivity index (χ0n) is 30.7. The Morgan fingerprint density at radius 2 is 1.64 bits per heavy atom. The second-order valence-electron chi connectivity index (χ2n) is 14.6. The molecule has 2 aromatic carbocycles. The van der Waals surface area contributed by atoms with E-state index in [9.17, 15) is 24.0 Å². The lowest BCUT2D eigenvalue weighted by Crippen LogP contribution is -2.61. The van der Waals surface area contributed by atoms with Gasteiger partial charge in [-0.3, -0.25) is 48.9 Å². The van der Waals surface area contributed by atoms with Gasteiger partial charge < -0.3 is 23.9 Å². The Morgan fingerprint density at radius 3 is 2.31 bits per heavy atom. The van der Waals surface area contributed by atoms with E-state index in [0.29, 0.717) is 35.6 Å². The third kappa shape index (κ3) is 6.91. The molecule has 2 aromatic heterocycles. The lowest BCUT2D eigenvalue weighted by atomic mass is 9.57. The van der Waals surface area contributed by atoms with Crippen LogP contribution < -0.4 is 25.1 Å². The lowest BCUT2D eigenvalue weighted by molar-refractivity contribution is -0.136. The summed E-state index contributed by atoms with van der Waals surface area (Å²) < 4.78 is 19.4. The molecular weight excluding hydrogens is 710 g/mol. The van der Waals surface area contributed by atoms with Gasteiger partial charge in [-0.1, -0.05) is 0 Å². The molecule has 1 spiro atoms.